The molecule has 0 heterocycles. The Labute approximate surface area is 118 Å². The van der Waals surface area contributed by atoms with E-state index < -0.39 is 11.2 Å². The lowest BCUT2D eigenvalue weighted by Gasteiger charge is -2.15. The predicted molar refractivity (Wildman–Crippen MR) is 77.5 cm³/mol. The largest absolute Gasteiger partial charge is 0.481 e. The summed E-state index contributed by atoms with van der Waals surface area (Å²) in [6, 6.07) is 7.41. The average Bonchev–Trinajstić information content (AvgIpc) is 2.37. The Kier molecular flexibility index (Phi) is 6.31. The Hall–Kier alpha value is -1.60. The Morgan fingerprint density at radius 1 is 1.37 bits per heavy atom. The standard InChI is InChI=1S/C15H18O3S/c1-4-5-10-18-12-6-8-13(9-7-12)19-14(11(2)3)15(16)17/h6-9,11,14H,10H2,1-3H3,(H,16,17). The lowest BCUT2D eigenvalue weighted by atomic mass is 10.1. The first kappa shape index (κ1) is 15.5. The van der Waals surface area contributed by atoms with E-state index in [0.29, 0.717) is 6.61 Å². The van der Waals surface area contributed by atoms with Crippen molar-refractivity contribution in [3.05, 3.63) is 24.3 Å². The van der Waals surface area contributed by atoms with Gasteiger partial charge in [0.05, 0.1) is 0 Å². The number of hydrogen-bond donors (Lipinski definition) is 1. The molecule has 0 aliphatic rings. The summed E-state index contributed by atoms with van der Waals surface area (Å²) in [6.45, 7) is 5.95. The van der Waals surface area contributed by atoms with Crippen molar-refractivity contribution in [2.24, 2.45) is 5.92 Å². The molecule has 0 aliphatic carbocycles. The topological polar surface area (TPSA) is 46.5 Å². The highest BCUT2D eigenvalue weighted by Gasteiger charge is 2.22. The third kappa shape index (κ3) is 5.27. The first-order chi connectivity index (χ1) is 9.04. The third-order valence-electron chi connectivity index (χ3n) is 2.42. The van der Waals surface area contributed by atoms with Crippen LogP contribution in [0.5, 0.6) is 5.75 Å². The van der Waals surface area contributed by atoms with Crippen molar-refractivity contribution in [1.82, 2.24) is 0 Å². The zero-order valence-corrected chi connectivity index (χ0v) is 12.2. The normalized spacial score (nSPS) is 11.6. The summed E-state index contributed by atoms with van der Waals surface area (Å²) >= 11 is 1.36. The monoisotopic (exact) mass is 278 g/mol. The second-order valence-corrected chi connectivity index (χ2v) is 5.52. The molecular weight excluding hydrogens is 260 g/mol. The number of carboxylic acids is 1. The van der Waals surface area contributed by atoms with Gasteiger partial charge in [-0.15, -0.1) is 17.7 Å². The minimum atomic E-state index is -0.779. The van der Waals surface area contributed by atoms with Gasteiger partial charge < -0.3 is 9.84 Å². The van der Waals surface area contributed by atoms with Crippen LogP contribution in [-0.2, 0) is 4.79 Å². The van der Waals surface area contributed by atoms with Crippen LogP contribution in [0.4, 0.5) is 0 Å². The Morgan fingerprint density at radius 3 is 2.47 bits per heavy atom. The molecule has 0 saturated heterocycles. The molecule has 0 bridgehead atoms. The molecule has 1 unspecified atom stereocenters. The first-order valence-corrected chi connectivity index (χ1v) is 6.94. The number of aliphatic carboxylic acids is 1. The molecule has 0 amide bonds. The highest BCUT2D eigenvalue weighted by molar-refractivity contribution is 8.00. The lowest BCUT2D eigenvalue weighted by molar-refractivity contribution is -0.137. The van der Waals surface area contributed by atoms with Crippen LogP contribution in [0.3, 0.4) is 0 Å². The van der Waals surface area contributed by atoms with Gasteiger partial charge in [-0.3, -0.25) is 4.79 Å². The summed E-state index contributed by atoms with van der Waals surface area (Å²) in [5, 5.41) is 8.71. The number of carbonyl (C=O) groups is 1. The van der Waals surface area contributed by atoms with Crippen LogP contribution in [0.15, 0.2) is 29.2 Å². The molecule has 0 saturated carbocycles. The zero-order valence-electron chi connectivity index (χ0n) is 11.3. The molecule has 0 radical (unpaired) electrons. The van der Waals surface area contributed by atoms with Gasteiger partial charge in [0.25, 0.3) is 0 Å². The van der Waals surface area contributed by atoms with Gasteiger partial charge in [-0.2, -0.15) is 0 Å². The third-order valence-corrected chi connectivity index (χ3v) is 3.97. The van der Waals surface area contributed by atoms with E-state index in [2.05, 4.69) is 11.8 Å². The Morgan fingerprint density at radius 2 is 2.00 bits per heavy atom. The molecule has 4 heteroatoms. The summed E-state index contributed by atoms with van der Waals surface area (Å²) < 4.78 is 5.40. The van der Waals surface area contributed by atoms with Crippen LogP contribution in [0.1, 0.15) is 20.8 Å². The summed E-state index contributed by atoms with van der Waals surface area (Å²) in [7, 11) is 0. The molecule has 3 nitrogen and oxygen atoms in total. The maximum absolute atomic E-state index is 11.1. The van der Waals surface area contributed by atoms with Gasteiger partial charge in [0.15, 0.2) is 0 Å². The van der Waals surface area contributed by atoms with E-state index in [0.717, 1.165) is 10.6 Å². The van der Waals surface area contributed by atoms with Gasteiger partial charge in [0.1, 0.15) is 17.6 Å². The maximum atomic E-state index is 11.1. The molecule has 1 aromatic carbocycles. The van der Waals surface area contributed by atoms with E-state index in [1.165, 1.54) is 11.8 Å². The smallest absolute Gasteiger partial charge is 0.317 e. The van der Waals surface area contributed by atoms with E-state index in [1.54, 1.807) is 6.92 Å². The molecule has 0 aliphatic heterocycles. The number of thioether (sulfide) groups is 1. The van der Waals surface area contributed by atoms with Gasteiger partial charge in [0, 0.05) is 4.90 Å². The van der Waals surface area contributed by atoms with Crippen molar-refractivity contribution >= 4 is 17.7 Å². The fraction of sp³-hybridized carbons (Fsp3) is 0.400. The molecule has 1 atom stereocenters. The molecule has 1 N–H and O–H groups in total. The number of benzene rings is 1. The second-order valence-electron chi connectivity index (χ2n) is 4.31. The zero-order chi connectivity index (χ0) is 14.3. The summed E-state index contributed by atoms with van der Waals surface area (Å²) in [6.07, 6.45) is 0. The molecule has 0 aromatic heterocycles. The lowest BCUT2D eigenvalue weighted by Crippen LogP contribution is -2.22. The van der Waals surface area contributed by atoms with Crippen LogP contribution in [0, 0.1) is 17.8 Å². The predicted octanol–water partition coefficient (Wildman–Crippen LogP) is 3.29. The Balaban J connectivity index is 2.64. The molecular formula is C15H18O3S. The van der Waals surface area contributed by atoms with E-state index in [4.69, 9.17) is 9.84 Å². The number of ether oxygens (including phenoxy) is 1. The summed E-state index contributed by atoms with van der Waals surface area (Å²) in [5.41, 5.74) is 0. The summed E-state index contributed by atoms with van der Waals surface area (Å²) in [5.74, 6) is 5.62. The second kappa shape index (κ2) is 7.75. The maximum Gasteiger partial charge on any atom is 0.317 e. The number of rotatable bonds is 6. The molecule has 102 valence electrons. The highest BCUT2D eigenvalue weighted by Crippen LogP contribution is 2.29. The van der Waals surface area contributed by atoms with Crippen molar-refractivity contribution in [3.8, 4) is 17.6 Å². The average molecular weight is 278 g/mol. The van der Waals surface area contributed by atoms with E-state index in [1.807, 2.05) is 38.1 Å². The van der Waals surface area contributed by atoms with Crippen molar-refractivity contribution in [2.75, 3.05) is 6.61 Å². The van der Waals surface area contributed by atoms with Crippen molar-refractivity contribution < 1.29 is 14.6 Å². The number of carboxylic acid groups (broad SMARTS) is 1. The van der Waals surface area contributed by atoms with E-state index in [9.17, 15) is 4.79 Å². The fourth-order valence-electron chi connectivity index (χ4n) is 1.42. The first-order valence-electron chi connectivity index (χ1n) is 6.06. The minimum absolute atomic E-state index is 0.0817. The molecule has 0 fully saturated rings. The van der Waals surface area contributed by atoms with Crippen LogP contribution in [0.25, 0.3) is 0 Å². The minimum Gasteiger partial charge on any atom is -0.481 e. The SMILES string of the molecule is CC#CCOc1ccc(SC(C(=O)O)C(C)C)cc1. The molecule has 19 heavy (non-hydrogen) atoms. The quantitative estimate of drug-likeness (QED) is 0.640. The van der Waals surface area contributed by atoms with Crippen LogP contribution >= 0.6 is 11.8 Å². The van der Waals surface area contributed by atoms with E-state index in [-0.39, 0.29) is 5.92 Å². The Bertz CT molecular complexity index is 468. The molecule has 1 aromatic rings. The van der Waals surface area contributed by atoms with Gasteiger partial charge in [-0.05, 0) is 37.1 Å². The van der Waals surface area contributed by atoms with Crippen molar-refractivity contribution in [3.63, 3.8) is 0 Å². The van der Waals surface area contributed by atoms with Gasteiger partial charge >= 0.3 is 5.97 Å². The van der Waals surface area contributed by atoms with Gasteiger partial charge in [0.2, 0.25) is 0 Å². The summed E-state index contributed by atoms with van der Waals surface area (Å²) in [4.78, 5) is 12.1. The van der Waals surface area contributed by atoms with Crippen LogP contribution < -0.4 is 4.74 Å². The molecule has 1 rings (SSSR count). The molecule has 0 spiro atoms. The highest BCUT2D eigenvalue weighted by atomic mass is 32.2. The van der Waals surface area contributed by atoms with E-state index >= 15 is 0 Å². The van der Waals surface area contributed by atoms with Crippen molar-refractivity contribution in [1.29, 1.82) is 0 Å². The van der Waals surface area contributed by atoms with Crippen LogP contribution in [-0.4, -0.2) is 22.9 Å². The van der Waals surface area contributed by atoms with Gasteiger partial charge in [-0.25, -0.2) is 0 Å². The van der Waals surface area contributed by atoms with Crippen molar-refractivity contribution in [2.45, 2.75) is 30.9 Å². The van der Waals surface area contributed by atoms with Gasteiger partial charge in [-0.1, -0.05) is 19.8 Å². The number of hydrogen-bond acceptors (Lipinski definition) is 3. The fourth-order valence-corrected chi connectivity index (χ4v) is 2.38. The van der Waals surface area contributed by atoms with Crippen LogP contribution in [0.2, 0.25) is 0 Å².